The largest absolute Gasteiger partial charge is 0.314 e. The summed E-state index contributed by atoms with van der Waals surface area (Å²) in [6.45, 7) is 3.05. The van der Waals surface area contributed by atoms with Crippen LogP contribution in [0.4, 0.5) is 0 Å². The van der Waals surface area contributed by atoms with Crippen molar-refractivity contribution in [1.29, 1.82) is 0 Å². The Morgan fingerprint density at radius 1 is 1.35 bits per heavy atom. The highest BCUT2D eigenvalue weighted by atomic mass is 32.2. The zero-order chi connectivity index (χ0) is 12.5. The third-order valence-electron chi connectivity index (χ3n) is 4.13. The standard InChI is InChI=1S/C13H23NO2S/c1-10(14-6-3-7-17(2,15)16)13-9-11-4-5-12(13)8-11/h4-5,10-14H,3,6-9H2,1-2H3. The molecule has 0 aliphatic heterocycles. The fraction of sp³-hybridized carbons (Fsp3) is 0.846. The molecule has 0 saturated heterocycles. The Morgan fingerprint density at radius 3 is 2.65 bits per heavy atom. The topological polar surface area (TPSA) is 46.2 Å². The van der Waals surface area contributed by atoms with Crippen molar-refractivity contribution in [2.75, 3.05) is 18.6 Å². The van der Waals surface area contributed by atoms with Gasteiger partial charge >= 0.3 is 0 Å². The Morgan fingerprint density at radius 2 is 2.12 bits per heavy atom. The highest BCUT2D eigenvalue weighted by Crippen LogP contribution is 2.44. The predicted octanol–water partition coefficient (Wildman–Crippen LogP) is 1.61. The molecule has 3 nitrogen and oxygen atoms in total. The van der Waals surface area contributed by atoms with E-state index in [1.54, 1.807) is 0 Å². The maximum Gasteiger partial charge on any atom is 0.147 e. The van der Waals surface area contributed by atoms with Crippen molar-refractivity contribution in [1.82, 2.24) is 5.32 Å². The van der Waals surface area contributed by atoms with Crippen LogP contribution < -0.4 is 5.32 Å². The van der Waals surface area contributed by atoms with Gasteiger partial charge in [0.05, 0.1) is 5.75 Å². The lowest BCUT2D eigenvalue weighted by molar-refractivity contribution is 0.328. The summed E-state index contributed by atoms with van der Waals surface area (Å²) in [5.74, 6) is 2.62. The van der Waals surface area contributed by atoms with Crippen LogP contribution >= 0.6 is 0 Å². The van der Waals surface area contributed by atoms with Gasteiger partial charge in [0.1, 0.15) is 9.84 Å². The van der Waals surface area contributed by atoms with E-state index in [1.165, 1.54) is 19.1 Å². The summed E-state index contributed by atoms with van der Waals surface area (Å²) < 4.78 is 22.0. The van der Waals surface area contributed by atoms with Crippen LogP contribution in [0.15, 0.2) is 12.2 Å². The van der Waals surface area contributed by atoms with Gasteiger partial charge in [0.2, 0.25) is 0 Å². The van der Waals surface area contributed by atoms with Crippen molar-refractivity contribution in [3.05, 3.63) is 12.2 Å². The molecule has 0 aromatic rings. The fourth-order valence-corrected chi connectivity index (χ4v) is 3.88. The van der Waals surface area contributed by atoms with E-state index >= 15 is 0 Å². The van der Waals surface area contributed by atoms with Crippen LogP contribution in [0.2, 0.25) is 0 Å². The maximum absolute atomic E-state index is 11.0. The van der Waals surface area contributed by atoms with Crippen LogP contribution in [0.3, 0.4) is 0 Å². The van der Waals surface area contributed by atoms with Gasteiger partial charge in [-0.15, -0.1) is 0 Å². The molecular formula is C13H23NO2S. The summed E-state index contributed by atoms with van der Waals surface area (Å²) in [5.41, 5.74) is 0. The van der Waals surface area contributed by atoms with Gasteiger partial charge in [0.25, 0.3) is 0 Å². The van der Waals surface area contributed by atoms with E-state index in [0.29, 0.717) is 11.8 Å². The Kier molecular flexibility index (Phi) is 3.93. The molecule has 2 bridgehead atoms. The zero-order valence-electron chi connectivity index (χ0n) is 10.7. The minimum atomic E-state index is -2.80. The van der Waals surface area contributed by atoms with Crippen molar-refractivity contribution in [2.24, 2.45) is 17.8 Å². The molecule has 0 aromatic carbocycles. The number of allylic oxidation sites excluding steroid dienone is 2. The van der Waals surface area contributed by atoms with Crippen molar-refractivity contribution in [3.8, 4) is 0 Å². The number of hydrogen-bond acceptors (Lipinski definition) is 3. The van der Waals surface area contributed by atoms with Crippen LogP contribution in [0, 0.1) is 17.8 Å². The van der Waals surface area contributed by atoms with Gasteiger partial charge in [0.15, 0.2) is 0 Å². The lowest BCUT2D eigenvalue weighted by Crippen LogP contribution is -2.36. The number of rotatable bonds is 6. The average molecular weight is 257 g/mol. The quantitative estimate of drug-likeness (QED) is 0.581. The highest BCUT2D eigenvalue weighted by Gasteiger charge is 2.38. The number of hydrogen-bond donors (Lipinski definition) is 1. The van der Waals surface area contributed by atoms with Gasteiger partial charge in [-0.1, -0.05) is 12.2 Å². The van der Waals surface area contributed by atoms with Crippen molar-refractivity contribution < 1.29 is 8.42 Å². The third-order valence-corrected chi connectivity index (χ3v) is 5.16. The van der Waals surface area contributed by atoms with E-state index in [-0.39, 0.29) is 0 Å². The van der Waals surface area contributed by atoms with Crippen molar-refractivity contribution in [2.45, 2.75) is 32.2 Å². The molecular weight excluding hydrogens is 234 g/mol. The Bertz CT molecular complexity index is 388. The van der Waals surface area contributed by atoms with Crippen molar-refractivity contribution in [3.63, 3.8) is 0 Å². The molecule has 0 spiro atoms. The molecule has 17 heavy (non-hydrogen) atoms. The summed E-state index contributed by atoms with van der Waals surface area (Å²) in [4.78, 5) is 0. The van der Waals surface area contributed by atoms with Gasteiger partial charge in [0, 0.05) is 12.3 Å². The summed E-state index contributed by atoms with van der Waals surface area (Å²) in [5, 5.41) is 3.48. The summed E-state index contributed by atoms with van der Waals surface area (Å²) in [7, 11) is -2.80. The molecule has 0 aromatic heterocycles. The first kappa shape index (κ1) is 13.1. The second-order valence-electron chi connectivity index (χ2n) is 5.67. The van der Waals surface area contributed by atoms with Crippen LogP contribution in [-0.2, 0) is 9.84 Å². The molecule has 0 radical (unpaired) electrons. The summed E-state index contributed by atoms with van der Waals surface area (Å²) >= 11 is 0. The van der Waals surface area contributed by atoms with E-state index in [9.17, 15) is 8.42 Å². The van der Waals surface area contributed by atoms with Crippen LogP contribution in [0.5, 0.6) is 0 Å². The summed E-state index contributed by atoms with van der Waals surface area (Å²) in [6, 6.07) is 0.509. The molecule has 1 N–H and O–H groups in total. The summed E-state index contributed by atoms with van der Waals surface area (Å²) in [6.07, 6.45) is 9.39. The van der Waals surface area contributed by atoms with Gasteiger partial charge in [-0.05, 0) is 50.5 Å². The lowest BCUT2D eigenvalue weighted by atomic mass is 9.87. The normalized spacial score (nSPS) is 33.2. The molecule has 4 unspecified atom stereocenters. The Labute approximate surface area is 105 Å². The van der Waals surface area contributed by atoms with Gasteiger partial charge in [-0.25, -0.2) is 8.42 Å². The van der Waals surface area contributed by atoms with Crippen molar-refractivity contribution >= 4 is 9.84 Å². The molecule has 2 rings (SSSR count). The number of fused-ring (bicyclic) bond motifs is 2. The second-order valence-corrected chi connectivity index (χ2v) is 7.93. The molecule has 98 valence electrons. The first-order chi connectivity index (χ1) is 7.96. The van der Waals surface area contributed by atoms with Crippen LogP contribution in [-0.4, -0.2) is 33.0 Å². The molecule has 1 saturated carbocycles. The fourth-order valence-electron chi connectivity index (χ4n) is 3.21. The minimum Gasteiger partial charge on any atom is -0.314 e. The van der Waals surface area contributed by atoms with Gasteiger partial charge in [-0.2, -0.15) is 0 Å². The van der Waals surface area contributed by atoms with E-state index in [0.717, 1.165) is 30.7 Å². The van der Waals surface area contributed by atoms with Gasteiger partial charge in [-0.3, -0.25) is 0 Å². The molecule has 0 amide bonds. The Balaban J connectivity index is 1.68. The third kappa shape index (κ3) is 3.55. The number of sulfone groups is 1. The molecule has 0 heterocycles. The van der Waals surface area contributed by atoms with Gasteiger partial charge < -0.3 is 5.32 Å². The monoisotopic (exact) mass is 257 g/mol. The van der Waals surface area contributed by atoms with E-state index in [4.69, 9.17) is 0 Å². The number of nitrogens with one attached hydrogen (secondary N) is 1. The highest BCUT2D eigenvalue weighted by molar-refractivity contribution is 7.90. The van der Waals surface area contributed by atoms with Crippen LogP contribution in [0.1, 0.15) is 26.2 Å². The molecule has 4 atom stereocenters. The zero-order valence-corrected chi connectivity index (χ0v) is 11.5. The predicted molar refractivity (Wildman–Crippen MR) is 70.6 cm³/mol. The molecule has 2 aliphatic rings. The van der Waals surface area contributed by atoms with E-state index in [1.807, 2.05) is 0 Å². The first-order valence-corrected chi connectivity index (χ1v) is 8.61. The average Bonchev–Trinajstić information content (AvgIpc) is 2.84. The SMILES string of the molecule is CC(NCCCS(C)(=O)=O)C1CC2C=CC1C2. The molecule has 4 heteroatoms. The van der Waals surface area contributed by atoms with Crippen LogP contribution in [0.25, 0.3) is 0 Å². The molecule has 2 aliphatic carbocycles. The lowest BCUT2D eigenvalue weighted by Gasteiger charge is -2.26. The smallest absolute Gasteiger partial charge is 0.147 e. The second kappa shape index (κ2) is 5.11. The molecule has 1 fully saturated rings. The van der Waals surface area contributed by atoms with E-state index < -0.39 is 9.84 Å². The maximum atomic E-state index is 11.0. The minimum absolute atomic E-state index is 0.295. The van der Waals surface area contributed by atoms with E-state index in [2.05, 4.69) is 24.4 Å². The Hall–Kier alpha value is -0.350. The first-order valence-electron chi connectivity index (χ1n) is 6.55.